The van der Waals surface area contributed by atoms with Gasteiger partial charge in [-0.2, -0.15) is 0 Å². The summed E-state index contributed by atoms with van der Waals surface area (Å²) in [5, 5.41) is 15.4. The second-order valence-corrected chi connectivity index (χ2v) is 6.24. The summed E-state index contributed by atoms with van der Waals surface area (Å²) in [5.74, 6) is -0.111. The van der Waals surface area contributed by atoms with Crippen molar-refractivity contribution in [2.24, 2.45) is 0 Å². The smallest absolute Gasteiger partial charge is 0.293 e. The molecule has 9 heteroatoms. The fourth-order valence-corrected chi connectivity index (χ4v) is 2.68. The van der Waals surface area contributed by atoms with Gasteiger partial charge in [-0.05, 0) is 48.6 Å². The molecule has 2 aromatic heterocycles. The van der Waals surface area contributed by atoms with Crippen LogP contribution in [0.25, 0.3) is 11.3 Å². The van der Waals surface area contributed by atoms with Gasteiger partial charge in [0, 0.05) is 11.8 Å². The number of aromatic hydroxyl groups is 1. The van der Waals surface area contributed by atoms with Crippen LogP contribution in [0.15, 0.2) is 53.1 Å². The maximum absolute atomic E-state index is 12.3. The minimum atomic E-state index is -0.567. The van der Waals surface area contributed by atoms with E-state index >= 15 is 0 Å². The molecule has 0 radical (unpaired) electrons. The van der Waals surface area contributed by atoms with E-state index in [1.165, 1.54) is 18.3 Å². The first-order chi connectivity index (χ1) is 12.5. The van der Waals surface area contributed by atoms with Crippen LogP contribution in [0.1, 0.15) is 10.6 Å². The molecule has 0 bridgehead atoms. The highest BCUT2D eigenvalue weighted by atomic mass is 35.5. The zero-order chi connectivity index (χ0) is 18.7. The van der Waals surface area contributed by atoms with Gasteiger partial charge in [-0.1, -0.05) is 29.3 Å². The summed E-state index contributed by atoms with van der Waals surface area (Å²) >= 11 is 17.2. The van der Waals surface area contributed by atoms with Crippen LogP contribution >= 0.6 is 35.4 Å². The number of nitrogens with zero attached hydrogens (tertiary/aromatic N) is 1. The second kappa shape index (κ2) is 7.74. The molecule has 26 heavy (non-hydrogen) atoms. The fourth-order valence-electron chi connectivity index (χ4n) is 2.10. The number of carbonyl (C=O) groups is 1. The number of benzene rings is 1. The van der Waals surface area contributed by atoms with E-state index in [-0.39, 0.29) is 22.4 Å². The summed E-state index contributed by atoms with van der Waals surface area (Å²) in [5.41, 5.74) is 0.567. The van der Waals surface area contributed by atoms with Crippen LogP contribution in [0.2, 0.25) is 10.0 Å². The minimum absolute atomic E-state index is 0.0328. The lowest BCUT2D eigenvalue weighted by Gasteiger charge is -2.08. The molecule has 0 aliphatic heterocycles. The molecule has 0 saturated heterocycles. The lowest BCUT2D eigenvalue weighted by molar-refractivity contribution is 0.0951. The molecule has 1 amide bonds. The van der Waals surface area contributed by atoms with E-state index in [2.05, 4.69) is 15.6 Å². The van der Waals surface area contributed by atoms with Crippen molar-refractivity contribution < 1.29 is 14.3 Å². The van der Waals surface area contributed by atoms with Crippen LogP contribution in [-0.2, 0) is 0 Å². The van der Waals surface area contributed by atoms with E-state index in [1.807, 2.05) is 0 Å². The first-order valence-corrected chi connectivity index (χ1v) is 8.42. The first kappa shape index (κ1) is 18.2. The van der Waals surface area contributed by atoms with Crippen molar-refractivity contribution in [3.8, 4) is 17.1 Å². The zero-order valence-corrected chi connectivity index (χ0v) is 15.3. The summed E-state index contributed by atoms with van der Waals surface area (Å²) in [6.07, 6.45) is 1.47. The Balaban J connectivity index is 1.71. The topological polar surface area (TPSA) is 87.4 Å². The lowest BCUT2D eigenvalue weighted by atomic mass is 10.2. The normalized spacial score (nSPS) is 10.4. The van der Waals surface area contributed by atoms with Gasteiger partial charge in [0.05, 0.1) is 10.0 Å². The molecule has 0 atom stereocenters. The van der Waals surface area contributed by atoms with Crippen molar-refractivity contribution in [3.05, 3.63) is 64.5 Å². The average Bonchev–Trinajstić information content (AvgIpc) is 3.09. The molecule has 3 N–H and O–H groups in total. The zero-order valence-electron chi connectivity index (χ0n) is 13.0. The van der Waals surface area contributed by atoms with Crippen molar-refractivity contribution in [2.45, 2.75) is 0 Å². The molecule has 0 aliphatic rings. The van der Waals surface area contributed by atoms with Crippen LogP contribution in [0.3, 0.4) is 0 Å². The van der Waals surface area contributed by atoms with Gasteiger partial charge in [-0.15, -0.1) is 0 Å². The van der Waals surface area contributed by atoms with Gasteiger partial charge in [0.2, 0.25) is 0 Å². The Labute approximate surface area is 163 Å². The molecular formula is C17H11Cl2N3O3S. The Morgan fingerprint density at radius 1 is 1.15 bits per heavy atom. The van der Waals surface area contributed by atoms with Crippen molar-refractivity contribution >= 4 is 52.3 Å². The number of aromatic nitrogens is 1. The summed E-state index contributed by atoms with van der Waals surface area (Å²) in [6, 6.07) is 11.2. The van der Waals surface area contributed by atoms with Gasteiger partial charge in [0.25, 0.3) is 5.91 Å². The average molecular weight is 408 g/mol. The number of thiocarbonyl (C=S) groups is 1. The highest BCUT2D eigenvalue weighted by molar-refractivity contribution is 7.80. The van der Waals surface area contributed by atoms with E-state index in [1.54, 1.807) is 30.3 Å². The van der Waals surface area contributed by atoms with Crippen molar-refractivity contribution in [3.63, 3.8) is 0 Å². The summed E-state index contributed by atoms with van der Waals surface area (Å²) in [7, 11) is 0. The van der Waals surface area contributed by atoms with E-state index in [9.17, 15) is 9.90 Å². The third kappa shape index (κ3) is 3.96. The minimum Gasteiger partial charge on any atom is -0.504 e. The molecule has 0 unspecified atom stereocenters. The molecule has 132 valence electrons. The van der Waals surface area contributed by atoms with Crippen molar-refractivity contribution in [1.82, 2.24) is 10.3 Å². The number of hydrogen-bond donors (Lipinski definition) is 3. The Hall–Kier alpha value is -2.61. The summed E-state index contributed by atoms with van der Waals surface area (Å²) in [6.45, 7) is 0. The second-order valence-electron chi connectivity index (χ2n) is 5.04. The predicted octanol–water partition coefficient (Wildman–Crippen LogP) is 4.48. The number of rotatable bonds is 3. The van der Waals surface area contributed by atoms with E-state index in [0.29, 0.717) is 21.4 Å². The maximum atomic E-state index is 12.3. The van der Waals surface area contributed by atoms with Crippen molar-refractivity contribution in [2.75, 3.05) is 5.32 Å². The summed E-state index contributed by atoms with van der Waals surface area (Å²) in [4.78, 5) is 16.2. The van der Waals surface area contributed by atoms with E-state index in [0.717, 1.165) is 0 Å². The number of halogens is 2. The highest BCUT2D eigenvalue weighted by Crippen LogP contribution is 2.34. The van der Waals surface area contributed by atoms with Gasteiger partial charge >= 0.3 is 0 Å². The Morgan fingerprint density at radius 3 is 2.73 bits per heavy atom. The Morgan fingerprint density at radius 2 is 1.96 bits per heavy atom. The largest absolute Gasteiger partial charge is 0.504 e. The molecule has 2 heterocycles. The highest BCUT2D eigenvalue weighted by Gasteiger charge is 2.16. The number of nitrogens with one attached hydrogen (secondary N) is 2. The third-order valence-corrected chi connectivity index (χ3v) is 4.32. The van der Waals surface area contributed by atoms with Crippen LogP contribution in [0, 0.1) is 0 Å². The molecule has 0 fully saturated rings. The molecule has 3 aromatic rings. The van der Waals surface area contributed by atoms with Gasteiger partial charge in [0.15, 0.2) is 22.4 Å². The van der Waals surface area contributed by atoms with E-state index in [4.69, 9.17) is 39.8 Å². The number of carbonyl (C=O) groups excluding carboxylic acids is 1. The maximum Gasteiger partial charge on any atom is 0.293 e. The quantitative estimate of drug-likeness (QED) is 0.554. The lowest BCUT2D eigenvalue weighted by Crippen LogP contribution is -2.34. The predicted molar refractivity (Wildman–Crippen MR) is 104 cm³/mol. The van der Waals surface area contributed by atoms with Gasteiger partial charge < -0.3 is 14.8 Å². The van der Waals surface area contributed by atoms with Gasteiger partial charge in [-0.3, -0.25) is 10.1 Å². The van der Waals surface area contributed by atoms with E-state index < -0.39 is 5.91 Å². The molecule has 0 spiro atoms. The molecule has 0 saturated carbocycles. The van der Waals surface area contributed by atoms with Gasteiger partial charge in [0.1, 0.15) is 5.76 Å². The molecule has 0 aliphatic carbocycles. The molecule has 3 rings (SSSR count). The number of hydrogen-bond acceptors (Lipinski definition) is 5. The van der Waals surface area contributed by atoms with Crippen LogP contribution in [0.5, 0.6) is 5.75 Å². The van der Waals surface area contributed by atoms with Crippen LogP contribution < -0.4 is 10.6 Å². The monoisotopic (exact) mass is 407 g/mol. The summed E-state index contributed by atoms with van der Waals surface area (Å²) < 4.78 is 5.53. The van der Waals surface area contributed by atoms with Crippen LogP contribution in [0.4, 0.5) is 5.82 Å². The molecule has 6 nitrogen and oxygen atoms in total. The molecule has 1 aromatic carbocycles. The fraction of sp³-hybridized carbons (Fsp3) is 0. The molecular weight excluding hydrogens is 397 g/mol. The number of pyridine rings is 1. The Kier molecular flexibility index (Phi) is 5.41. The third-order valence-electron chi connectivity index (χ3n) is 3.29. The Bertz CT molecular complexity index is 991. The SMILES string of the molecule is O=C(NC(=S)Nc1ncccc1O)c1ccc(-c2cccc(Cl)c2Cl)o1. The van der Waals surface area contributed by atoms with Gasteiger partial charge in [-0.25, -0.2) is 4.98 Å². The number of anilines is 1. The first-order valence-electron chi connectivity index (χ1n) is 7.26. The standard InChI is InChI=1S/C17H11Cl2N3O3S/c18-10-4-1-3-9(14(10)19)12-6-7-13(25-12)16(24)22-17(26)21-15-11(23)5-2-8-20-15/h1-8,23H,(H2,20,21,22,24,26). The number of furan rings is 1. The number of amides is 1. The van der Waals surface area contributed by atoms with Crippen LogP contribution in [-0.4, -0.2) is 21.1 Å². The van der Waals surface area contributed by atoms with Crippen molar-refractivity contribution in [1.29, 1.82) is 0 Å².